The maximum absolute atomic E-state index is 12.4. The summed E-state index contributed by atoms with van der Waals surface area (Å²) in [7, 11) is -3.53. The van der Waals surface area contributed by atoms with Crippen molar-refractivity contribution in [2.24, 2.45) is 5.92 Å². The summed E-state index contributed by atoms with van der Waals surface area (Å²) in [5, 5.41) is 3.38. The molecule has 0 unspecified atom stereocenters. The van der Waals surface area contributed by atoms with Crippen LogP contribution in [-0.4, -0.2) is 21.5 Å². The second-order valence-corrected chi connectivity index (χ2v) is 8.20. The Hall–Kier alpha value is -1.85. The van der Waals surface area contributed by atoms with Gasteiger partial charge in [-0.05, 0) is 75.0 Å². The van der Waals surface area contributed by atoms with E-state index in [9.17, 15) is 8.42 Å². The van der Waals surface area contributed by atoms with E-state index < -0.39 is 10.0 Å². The molecule has 24 heavy (non-hydrogen) atoms. The molecule has 2 aromatic carbocycles. The average Bonchev–Trinajstić information content (AvgIpc) is 2.58. The highest BCUT2D eigenvalue weighted by molar-refractivity contribution is 7.92. The Morgan fingerprint density at radius 1 is 1.00 bits per heavy atom. The van der Waals surface area contributed by atoms with Crippen molar-refractivity contribution in [2.75, 3.05) is 17.8 Å². The molecule has 2 aromatic rings. The smallest absolute Gasteiger partial charge is 0.261 e. The summed E-state index contributed by atoms with van der Waals surface area (Å²) in [5.41, 5.74) is 2.90. The number of hydrogen-bond acceptors (Lipinski definition) is 3. The third kappa shape index (κ3) is 4.36. The lowest BCUT2D eigenvalue weighted by atomic mass is 9.91. The predicted octanol–water partition coefficient (Wildman–Crippen LogP) is 3.34. The number of benzene rings is 2. The van der Waals surface area contributed by atoms with Gasteiger partial charge < -0.3 is 5.32 Å². The molecule has 0 amide bonds. The van der Waals surface area contributed by atoms with Gasteiger partial charge in [0.05, 0.1) is 4.90 Å². The summed E-state index contributed by atoms with van der Waals surface area (Å²) in [6.45, 7) is 4.13. The fourth-order valence-corrected chi connectivity index (χ4v) is 4.12. The minimum Gasteiger partial charge on any atom is -0.317 e. The Kier molecular flexibility index (Phi) is 5.21. The molecule has 1 saturated heterocycles. The van der Waals surface area contributed by atoms with Gasteiger partial charge in [0.1, 0.15) is 0 Å². The van der Waals surface area contributed by atoms with Gasteiger partial charge in [-0.1, -0.05) is 29.8 Å². The second-order valence-electron chi connectivity index (χ2n) is 6.51. The van der Waals surface area contributed by atoms with Gasteiger partial charge >= 0.3 is 0 Å². The molecular formula is C19H24N2O2S. The minimum atomic E-state index is -3.53. The van der Waals surface area contributed by atoms with Crippen LogP contribution in [-0.2, 0) is 16.4 Å². The van der Waals surface area contributed by atoms with Crippen molar-refractivity contribution in [3.05, 3.63) is 59.7 Å². The van der Waals surface area contributed by atoms with Crippen molar-refractivity contribution in [3.63, 3.8) is 0 Å². The molecule has 0 radical (unpaired) electrons. The zero-order valence-electron chi connectivity index (χ0n) is 14.0. The van der Waals surface area contributed by atoms with Gasteiger partial charge in [0, 0.05) is 5.69 Å². The van der Waals surface area contributed by atoms with Gasteiger partial charge in [-0.3, -0.25) is 4.72 Å². The maximum Gasteiger partial charge on any atom is 0.261 e. The zero-order valence-corrected chi connectivity index (χ0v) is 14.8. The third-order valence-corrected chi connectivity index (χ3v) is 5.92. The highest BCUT2D eigenvalue weighted by atomic mass is 32.2. The summed E-state index contributed by atoms with van der Waals surface area (Å²) < 4.78 is 27.4. The lowest BCUT2D eigenvalue weighted by Crippen LogP contribution is -2.28. The van der Waals surface area contributed by atoms with Gasteiger partial charge in [0.15, 0.2) is 0 Å². The first-order valence-electron chi connectivity index (χ1n) is 8.42. The van der Waals surface area contributed by atoms with Crippen LogP contribution in [0.4, 0.5) is 5.69 Å². The number of piperidine rings is 1. The van der Waals surface area contributed by atoms with Gasteiger partial charge in [0.2, 0.25) is 0 Å². The first kappa shape index (κ1) is 17.0. The minimum absolute atomic E-state index is 0.284. The third-order valence-electron chi connectivity index (χ3n) is 4.52. The lowest BCUT2D eigenvalue weighted by molar-refractivity contribution is 0.372. The Morgan fingerprint density at radius 3 is 2.25 bits per heavy atom. The number of aryl methyl sites for hydroxylation is 1. The van der Waals surface area contributed by atoms with Gasteiger partial charge in [0.25, 0.3) is 10.0 Å². The Bertz CT molecular complexity index is 762. The second kappa shape index (κ2) is 7.36. The fraction of sp³-hybridized carbons (Fsp3) is 0.368. The molecule has 1 aliphatic heterocycles. The highest BCUT2D eigenvalue weighted by Gasteiger charge is 2.15. The molecule has 1 aliphatic rings. The van der Waals surface area contributed by atoms with Gasteiger partial charge in [-0.25, -0.2) is 8.42 Å². The summed E-state index contributed by atoms with van der Waals surface area (Å²) in [6, 6.07) is 14.6. The number of hydrogen-bond donors (Lipinski definition) is 2. The summed E-state index contributed by atoms with van der Waals surface area (Å²) in [4.78, 5) is 0.284. The van der Waals surface area contributed by atoms with Gasteiger partial charge in [-0.2, -0.15) is 0 Å². The van der Waals surface area contributed by atoms with E-state index in [1.807, 2.05) is 31.2 Å². The van der Waals surface area contributed by atoms with Crippen molar-refractivity contribution in [1.29, 1.82) is 0 Å². The van der Waals surface area contributed by atoms with Crippen molar-refractivity contribution in [1.82, 2.24) is 5.32 Å². The van der Waals surface area contributed by atoms with Crippen molar-refractivity contribution < 1.29 is 8.42 Å². The van der Waals surface area contributed by atoms with E-state index >= 15 is 0 Å². The Balaban J connectivity index is 1.66. The zero-order chi connectivity index (χ0) is 17.0. The fourth-order valence-electron chi connectivity index (χ4n) is 3.06. The van der Waals surface area contributed by atoms with Crippen LogP contribution in [0.3, 0.4) is 0 Å². The van der Waals surface area contributed by atoms with Crippen LogP contribution in [0, 0.1) is 12.8 Å². The van der Waals surface area contributed by atoms with Crippen LogP contribution in [0.2, 0.25) is 0 Å². The molecule has 128 valence electrons. The van der Waals surface area contributed by atoms with Crippen molar-refractivity contribution >= 4 is 15.7 Å². The lowest BCUT2D eigenvalue weighted by Gasteiger charge is -2.22. The molecule has 0 aromatic heterocycles. The van der Waals surface area contributed by atoms with E-state index in [0.717, 1.165) is 31.0 Å². The quantitative estimate of drug-likeness (QED) is 0.875. The number of nitrogens with one attached hydrogen (secondary N) is 2. The molecule has 1 heterocycles. The van der Waals surface area contributed by atoms with E-state index in [1.54, 1.807) is 24.3 Å². The van der Waals surface area contributed by atoms with Crippen LogP contribution >= 0.6 is 0 Å². The van der Waals surface area contributed by atoms with Crippen LogP contribution in [0.1, 0.15) is 24.0 Å². The largest absolute Gasteiger partial charge is 0.317 e. The first-order valence-corrected chi connectivity index (χ1v) is 9.90. The maximum atomic E-state index is 12.4. The van der Waals surface area contributed by atoms with E-state index in [2.05, 4.69) is 10.0 Å². The van der Waals surface area contributed by atoms with E-state index in [4.69, 9.17) is 0 Å². The number of sulfonamides is 1. The molecule has 5 heteroatoms. The molecule has 0 spiro atoms. The summed E-state index contributed by atoms with van der Waals surface area (Å²) in [5.74, 6) is 0.723. The van der Waals surface area contributed by atoms with Crippen LogP contribution < -0.4 is 10.0 Å². The van der Waals surface area contributed by atoms with Crippen LogP contribution in [0.25, 0.3) is 0 Å². The molecule has 4 nitrogen and oxygen atoms in total. The molecule has 0 bridgehead atoms. The standard InChI is InChI=1S/C19H24N2O2S/c1-15-2-8-19(9-3-15)24(22,23)21-18-6-4-16(5-7-18)14-17-10-12-20-13-11-17/h2-9,17,20-21H,10-14H2,1H3. The number of anilines is 1. The predicted molar refractivity (Wildman–Crippen MR) is 97.7 cm³/mol. The summed E-state index contributed by atoms with van der Waals surface area (Å²) in [6.07, 6.45) is 3.48. The molecule has 0 atom stereocenters. The highest BCUT2D eigenvalue weighted by Crippen LogP contribution is 2.21. The average molecular weight is 344 g/mol. The van der Waals surface area contributed by atoms with Crippen molar-refractivity contribution in [2.45, 2.75) is 31.1 Å². The SMILES string of the molecule is Cc1ccc(S(=O)(=O)Nc2ccc(CC3CCNCC3)cc2)cc1. The molecule has 2 N–H and O–H groups in total. The van der Waals surface area contributed by atoms with Crippen LogP contribution in [0.5, 0.6) is 0 Å². The van der Waals surface area contributed by atoms with E-state index in [1.165, 1.54) is 18.4 Å². The van der Waals surface area contributed by atoms with E-state index in [0.29, 0.717) is 5.69 Å². The van der Waals surface area contributed by atoms with E-state index in [-0.39, 0.29) is 4.90 Å². The van der Waals surface area contributed by atoms with Crippen molar-refractivity contribution in [3.8, 4) is 0 Å². The molecule has 1 fully saturated rings. The monoisotopic (exact) mass is 344 g/mol. The first-order chi connectivity index (χ1) is 11.5. The van der Waals surface area contributed by atoms with Gasteiger partial charge in [-0.15, -0.1) is 0 Å². The summed E-state index contributed by atoms with van der Waals surface area (Å²) >= 11 is 0. The number of rotatable bonds is 5. The molecule has 3 rings (SSSR count). The molecule has 0 saturated carbocycles. The Morgan fingerprint density at radius 2 is 1.62 bits per heavy atom. The molecular weight excluding hydrogens is 320 g/mol. The van der Waals surface area contributed by atoms with Crippen LogP contribution in [0.15, 0.2) is 53.4 Å². The normalized spacial score (nSPS) is 16.0. The molecule has 0 aliphatic carbocycles. The Labute approximate surface area is 144 Å². The topological polar surface area (TPSA) is 58.2 Å².